The maximum atomic E-state index is 12.7. The third-order valence-corrected chi connectivity index (χ3v) is 6.28. The number of hydrogen-bond acceptors (Lipinski definition) is 4. The number of rotatable bonds is 4. The Morgan fingerprint density at radius 1 is 1.04 bits per heavy atom. The van der Waals surface area contributed by atoms with E-state index in [1.54, 1.807) is 59.5 Å². The van der Waals surface area contributed by atoms with E-state index < -0.39 is 10.0 Å². The Morgan fingerprint density at radius 3 is 2.48 bits per heavy atom. The molecule has 0 aliphatic carbocycles. The molecule has 0 spiro atoms. The van der Waals surface area contributed by atoms with E-state index in [0.717, 1.165) is 0 Å². The summed E-state index contributed by atoms with van der Waals surface area (Å²) in [6, 6.07) is 15.8. The molecule has 2 heterocycles. The first-order valence-electron chi connectivity index (χ1n) is 8.55. The van der Waals surface area contributed by atoms with Gasteiger partial charge in [0.05, 0.1) is 22.7 Å². The largest absolute Gasteiger partial charge is 0.322 e. The lowest BCUT2D eigenvalue weighted by Crippen LogP contribution is -2.25. The third-order valence-electron chi connectivity index (χ3n) is 4.41. The molecular weight excluding hydrogens is 364 g/mol. The van der Waals surface area contributed by atoms with Crippen LogP contribution in [-0.4, -0.2) is 36.4 Å². The number of amides is 1. The van der Waals surface area contributed by atoms with Crippen molar-refractivity contribution in [2.75, 3.05) is 21.9 Å². The summed E-state index contributed by atoms with van der Waals surface area (Å²) in [4.78, 5) is 12.7. The van der Waals surface area contributed by atoms with Crippen molar-refractivity contribution < 1.29 is 13.2 Å². The first-order chi connectivity index (χ1) is 13.0. The molecule has 0 bridgehead atoms. The van der Waals surface area contributed by atoms with Crippen molar-refractivity contribution >= 4 is 27.3 Å². The second kappa shape index (κ2) is 6.88. The number of carbonyl (C=O) groups is 1. The molecule has 0 unspecified atom stereocenters. The Morgan fingerprint density at radius 2 is 1.81 bits per heavy atom. The van der Waals surface area contributed by atoms with Crippen LogP contribution in [0.15, 0.2) is 67.0 Å². The zero-order chi connectivity index (χ0) is 18.9. The molecule has 1 aliphatic rings. The summed E-state index contributed by atoms with van der Waals surface area (Å²) in [5, 5.41) is 7.03. The van der Waals surface area contributed by atoms with E-state index in [0.29, 0.717) is 35.6 Å². The summed E-state index contributed by atoms with van der Waals surface area (Å²) in [5.41, 5.74) is 2.38. The molecule has 1 N–H and O–H groups in total. The predicted molar refractivity (Wildman–Crippen MR) is 104 cm³/mol. The van der Waals surface area contributed by atoms with E-state index in [9.17, 15) is 13.2 Å². The number of anilines is 2. The monoisotopic (exact) mass is 382 g/mol. The molecule has 3 aromatic rings. The summed E-state index contributed by atoms with van der Waals surface area (Å²) in [6.07, 6.45) is 4.06. The van der Waals surface area contributed by atoms with Crippen LogP contribution in [0.25, 0.3) is 5.69 Å². The van der Waals surface area contributed by atoms with Crippen molar-refractivity contribution in [1.29, 1.82) is 0 Å². The van der Waals surface area contributed by atoms with Crippen LogP contribution in [0.2, 0.25) is 0 Å². The van der Waals surface area contributed by atoms with E-state index in [1.165, 1.54) is 4.31 Å². The normalized spacial score (nSPS) is 15.6. The molecule has 7 nitrogen and oxygen atoms in total. The van der Waals surface area contributed by atoms with Crippen molar-refractivity contribution in [1.82, 2.24) is 9.78 Å². The van der Waals surface area contributed by atoms with Gasteiger partial charge in [-0.2, -0.15) is 5.10 Å². The topological polar surface area (TPSA) is 84.3 Å². The van der Waals surface area contributed by atoms with Gasteiger partial charge in [0.25, 0.3) is 5.91 Å². The number of nitrogens with one attached hydrogen (secondary N) is 1. The van der Waals surface area contributed by atoms with Gasteiger partial charge in [-0.1, -0.05) is 12.1 Å². The van der Waals surface area contributed by atoms with E-state index >= 15 is 0 Å². The van der Waals surface area contributed by atoms with E-state index in [4.69, 9.17) is 0 Å². The minimum atomic E-state index is -3.21. The second-order valence-electron chi connectivity index (χ2n) is 6.21. The van der Waals surface area contributed by atoms with Gasteiger partial charge in [0.2, 0.25) is 10.0 Å². The van der Waals surface area contributed by atoms with Crippen molar-refractivity contribution in [2.45, 2.75) is 6.42 Å². The average molecular weight is 382 g/mol. The Bertz CT molecular complexity index is 1060. The van der Waals surface area contributed by atoms with E-state index in [-0.39, 0.29) is 11.7 Å². The van der Waals surface area contributed by atoms with E-state index in [1.807, 2.05) is 12.1 Å². The molecule has 138 valence electrons. The molecule has 0 atom stereocenters. The minimum absolute atomic E-state index is 0.176. The molecular formula is C19H18N4O3S. The van der Waals surface area contributed by atoms with Crippen molar-refractivity contribution in [3.05, 3.63) is 72.6 Å². The smallest absolute Gasteiger partial charge is 0.257 e. The van der Waals surface area contributed by atoms with Crippen LogP contribution in [0, 0.1) is 0 Å². The fourth-order valence-corrected chi connectivity index (χ4v) is 4.68. The van der Waals surface area contributed by atoms with E-state index in [2.05, 4.69) is 10.4 Å². The quantitative estimate of drug-likeness (QED) is 0.752. The lowest BCUT2D eigenvalue weighted by atomic mass is 10.1. The number of aromatic nitrogens is 2. The third kappa shape index (κ3) is 3.43. The van der Waals surface area contributed by atoms with Crippen molar-refractivity contribution in [3.8, 4) is 5.69 Å². The van der Waals surface area contributed by atoms with Crippen molar-refractivity contribution in [2.24, 2.45) is 0 Å². The Balaban J connectivity index is 1.54. The summed E-state index contributed by atoms with van der Waals surface area (Å²) >= 11 is 0. The second-order valence-corrected chi connectivity index (χ2v) is 8.22. The fraction of sp³-hybridized carbons (Fsp3) is 0.158. The summed E-state index contributed by atoms with van der Waals surface area (Å²) in [5.74, 6) is -0.0852. The lowest BCUT2D eigenvalue weighted by Gasteiger charge is -2.17. The maximum absolute atomic E-state index is 12.7. The zero-order valence-electron chi connectivity index (χ0n) is 14.4. The average Bonchev–Trinajstić information content (AvgIpc) is 3.32. The van der Waals surface area contributed by atoms with Crippen LogP contribution < -0.4 is 9.62 Å². The Kier molecular flexibility index (Phi) is 4.41. The molecule has 4 rings (SSSR count). The van der Waals surface area contributed by atoms with Crippen LogP contribution in [0.4, 0.5) is 11.4 Å². The molecule has 0 saturated carbocycles. The van der Waals surface area contributed by atoms with Crippen LogP contribution in [-0.2, 0) is 10.0 Å². The number of benzene rings is 2. The Labute approximate surface area is 157 Å². The number of sulfonamides is 1. The molecule has 2 aromatic carbocycles. The standard InChI is InChI=1S/C19H18N4O3S/c24-19(17-5-1-2-6-18(17)22-12-3-11-20-22)21-15-7-9-16(10-8-15)23-13-4-14-27(23,25)26/h1-3,5-12H,4,13-14H2,(H,21,24). The van der Waals surface area contributed by atoms with Crippen LogP contribution in [0.1, 0.15) is 16.8 Å². The van der Waals surface area contributed by atoms with Gasteiger partial charge in [-0.3, -0.25) is 9.10 Å². The van der Waals surface area contributed by atoms with Gasteiger partial charge >= 0.3 is 0 Å². The number of carbonyl (C=O) groups excluding carboxylic acids is 1. The zero-order valence-corrected chi connectivity index (χ0v) is 15.3. The molecule has 0 radical (unpaired) electrons. The molecule has 1 fully saturated rings. The number of hydrogen-bond donors (Lipinski definition) is 1. The predicted octanol–water partition coefficient (Wildman–Crippen LogP) is 2.66. The van der Waals surface area contributed by atoms with Gasteiger partial charge in [0.15, 0.2) is 0 Å². The molecule has 1 aromatic heterocycles. The SMILES string of the molecule is O=C(Nc1ccc(N2CCCS2(=O)=O)cc1)c1ccccc1-n1cccn1. The van der Waals surface area contributed by atoms with Gasteiger partial charge in [-0.15, -0.1) is 0 Å². The molecule has 27 heavy (non-hydrogen) atoms. The first-order valence-corrected chi connectivity index (χ1v) is 10.2. The fourth-order valence-electron chi connectivity index (χ4n) is 3.12. The van der Waals surface area contributed by atoms with Gasteiger partial charge in [0.1, 0.15) is 0 Å². The first kappa shape index (κ1) is 17.3. The highest BCUT2D eigenvalue weighted by Crippen LogP contribution is 2.25. The van der Waals surface area contributed by atoms with Crippen LogP contribution in [0.3, 0.4) is 0 Å². The molecule has 1 amide bonds. The number of nitrogens with zero attached hydrogens (tertiary/aromatic N) is 3. The summed E-state index contributed by atoms with van der Waals surface area (Å²) in [6.45, 7) is 0.491. The van der Waals surface area contributed by atoms with Crippen molar-refractivity contribution in [3.63, 3.8) is 0 Å². The summed E-state index contributed by atoms with van der Waals surface area (Å²) in [7, 11) is -3.21. The van der Waals surface area contributed by atoms with Gasteiger partial charge in [-0.25, -0.2) is 13.1 Å². The minimum Gasteiger partial charge on any atom is -0.322 e. The molecule has 1 aliphatic heterocycles. The lowest BCUT2D eigenvalue weighted by molar-refractivity contribution is 0.102. The Hall–Kier alpha value is -3.13. The highest BCUT2D eigenvalue weighted by atomic mass is 32.2. The highest BCUT2D eigenvalue weighted by molar-refractivity contribution is 7.93. The van der Waals surface area contributed by atoms with Gasteiger partial charge in [-0.05, 0) is 48.9 Å². The highest BCUT2D eigenvalue weighted by Gasteiger charge is 2.28. The van der Waals surface area contributed by atoms with Gasteiger partial charge < -0.3 is 5.32 Å². The maximum Gasteiger partial charge on any atom is 0.257 e. The number of para-hydroxylation sites is 1. The molecule has 1 saturated heterocycles. The summed E-state index contributed by atoms with van der Waals surface area (Å²) < 4.78 is 27.1. The van der Waals surface area contributed by atoms with Crippen LogP contribution in [0.5, 0.6) is 0 Å². The van der Waals surface area contributed by atoms with Gasteiger partial charge in [0, 0.05) is 24.6 Å². The van der Waals surface area contributed by atoms with Crippen LogP contribution >= 0.6 is 0 Å². The molecule has 8 heteroatoms.